The maximum Gasteiger partial charge on any atom is 1.00 e. The van der Waals surface area contributed by atoms with E-state index < -0.39 is 46.9 Å². The van der Waals surface area contributed by atoms with E-state index in [9.17, 15) is 56.9 Å². The van der Waals surface area contributed by atoms with Crippen LogP contribution in [0.15, 0.2) is 85.6 Å². The second-order valence-corrected chi connectivity index (χ2v) is 34.7. The number of ether oxygens (including phenoxy) is 17. The topological polar surface area (TPSA) is 306 Å². The van der Waals surface area contributed by atoms with Crippen molar-refractivity contribution in [2.45, 2.75) is 247 Å². The van der Waals surface area contributed by atoms with Gasteiger partial charge in [0.15, 0.2) is 17.4 Å². The fourth-order valence-corrected chi connectivity index (χ4v) is 14.3. The summed E-state index contributed by atoms with van der Waals surface area (Å²) < 4.78 is 145. The summed E-state index contributed by atoms with van der Waals surface area (Å²) in [5.41, 5.74) is 2.33. The Morgan fingerprint density at radius 1 is 0.516 bits per heavy atom. The summed E-state index contributed by atoms with van der Waals surface area (Å²) in [4.78, 5) is 55.6. The fourth-order valence-electron chi connectivity index (χ4n) is 14.3. The standard InChI is InChI=1S/C19H25FO5.C17H23FO5.C15H19FO4.C9H9FO2.C8H14O3.C8H12O3.C6H10O2.C4H8O.B.4ClH.Fe.Na.H/c1-3-4-19(22)24-12-18(25-15-8-6-14(21)7-9-15)16-11-13(20)5-10-17(16)23-2;1-20-15-3-2-12(18)10-14(15)16(11-19)23-13-4-6-17(7-5-13)21-8-9-22-17;1-19-14-7-2-10(16)8-13(14)15(9-17)20-12-5-3-11(18)4-6-12;1-11-8-3-2-6(10)4-7(8)9-5-12-9;2*9-7-1-3-8(4-2-7)10-5-6-11-8;1-3-5-6(7)8-4-2;1-2-4-5-3-1;;;;;;;;/h5,10-11,15,18H,3-4,6-9,12H2,1-2H3;2-3,10,13,16,19H,4-9,11H2,1H3;2,7-8,12,15,17H,3-6,9H2,1H3;2-4,9H,5H2,1H3;7,9H,1-6H2;1-6H2;4H,2-3,5H2,1H3;1-4H2;;4*1H;;;/q;;;;;;;;;;;;;+3;+1;-1/p-3/t18-;;;;;;;;;;;;;;;/m0.............../s1. The number of aliphatic hydroxyl groups is 3. The molecule has 10 aliphatic rings. The van der Waals surface area contributed by atoms with E-state index >= 15 is 0 Å². The molecule has 5 aliphatic carbocycles. The molecular weight excluding hydrogens is 1740 g/mol. The number of ketones is 3. The summed E-state index contributed by atoms with van der Waals surface area (Å²) in [6.45, 7) is 13.3. The van der Waals surface area contributed by atoms with Crippen LogP contribution >= 0.6 is 42.7 Å². The molecule has 3 N–H and O–H groups in total. The van der Waals surface area contributed by atoms with E-state index in [-0.39, 0.29) is 149 Å². The van der Waals surface area contributed by atoms with Crippen molar-refractivity contribution in [2.75, 3.05) is 108 Å². The van der Waals surface area contributed by atoms with Gasteiger partial charge < -0.3 is 97.3 Å². The number of halogens is 8. The van der Waals surface area contributed by atoms with Crippen LogP contribution in [0.3, 0.4) is 0 Å². The van der Waals surface area contributed by atoms with Gasteiger partial charge in [-0.1, -0.05) is 20.4 Å². The Bertz CT molecular complexity index is 3630. The van der Waals surface area contributed by atoms with Gasteiger partial charge in [-0.05, 0) is 150 Å². The summed E-state index contributed by atoms with van der Waals surface area (Å²) in [5.74, 6) is -0.0889. The third-order valence-corrected chi connectivity index (χ3v) is 20.6. The van der Waals surface area contributed by atoms with E-state index in [2.05, 4.69) is 11.3 Å². The average Bonchev–Trinajstić information content (AvgIpc) is 1.83. The number of methoxy groups -OCH3 is 4. The van der Waals surface area contributed by atoms with E-state index in [1.54, 1.807) is 19.2 Å². The predicted octanol–water partition coefficient (Wildman–Crippen LogP) is 13.6. The molecule has 5 aliphatic heterocycles. The number of rotatable bonds is 23. The summed E-state index contributed by atoms with van der Waals surface area (Å²) in [7, 11) is 20.7. The largest absolute Gasteiger partial charge is 1.00 e. The molecule has 122 heavy (non-hydrogen) atoms. The molecular formula is C86H122BCl4F4FeNaO25. The molecule has 4 atom stereocenters. The minimum absolute atomic E-state index is 0. The summed E-state index contributed by atoms with van der Waals surface area (Å²) in [6.07, 6.45) is 17.6. The van der Waals surface area contributed by atoms with Crippen molar-refractivity contribution in [3.8, 4) is 23.0 Å². The second kappa shape index (κ2) is 61.2. The van der Waals surface area contributed by atoms with Gasteiger partial charge in [0, 0.05) is 134 Å². The smallest absolute Gasteiger partial charge is 1.00 e. The molecule has 4 aromatic rings. The van der Waals surface area contributed by atoms with Crippen molar-refractivity contribution >= 4 is 80.4 Å². The first-order valence-corrected chi connectivity index (χ1v) is 45.3. The Balaban J connectivity index is 0.000000487. The number of hydrogen-bond acceptors (Lipinski definition) is 25. The van der Waals surface area contributed by atoms with Crippen LogP contribution in [0.25, 0.3) is 0 Å². The third kappa shape index (κ3) is 41.0. The van der Waals surface area contributed by atoms with Crippen LogP contribution in [-0.4, -0.2) is 203 Å². The van der Waals surface area contributed by atoms with Crippen LogP contribution in [0.4, 0.5) is 17.6 Å². The quantitative estimate of drug-likeness (QED) is 0.0204. The van der Waals surface area contributed by atoms with Crippen LogP contribution in [0.5, 0.6) is 23.0 Å². The molecule has 14 rings (SSSR count). The maximum atomic E-state index is 13.7. The molecule has 25 nitrogen and oxygen atoms in total. The SMILES string of the molecule is C1CCOC1.C=COC(=O)CCC.CCCC(=O)OC[C@H](OC1CCC(=O)CC1)c1cc(F)ccc1OC.COc1ccc(F)cc1C(CO)OC1CCC(=O)CC1.COc1ccc(F)cc1C(CO)OC1CCC2(CC1)OCCO2.COc1ccc(F)cc1C1CO1.Cl.O=C1CCC2(CC1)OCCO2.OC1CCC2(CC1)OCCO2.[B].[Cl][Fe]([Cl])[Cl].[H-].[Na+]. The molecule has 5 saturated heterocycles. The van der Waals surface area contributed by atoms with Crippen LogP contribution in [0, 0.1) is 23.3 Å². The Hall–Kier alpha value is -4.33. The molecule has 0 bridgehead atoms. The first-order chi connectivity index (χ1) is 57.3. The van der Waals surface area contributed by atoms with Crippen molar-refractivity contribution in [1.82, 2.24) is 0 Å². The van der Waals surface area contributed by atoms with Gasteiger partial charge in [-0.3, -0.25) is 24.0 Å². The Kier molecular flexibility index (Phi) is 56.1. The van der Waals surface area contributed by atoms with Crippen molar-refractivity contribution in [3.63, 3.8) is 0 Å². The first-order valence-electron chi connectivity index (χ1n) is 40.7. The minimum Gasteiger partial charge on any atom is -1.00 e. The molecule has 0 amide bonds. The Labute approximate surface area is 763 Å². The summed E-state index contributed by atoms with van der Waals surface area (Å²) >= 11 is -1.33. The molecule has 3 spiro atoms. The third-order valence-electron chi connectivity index (χ3n) is 20.6. The van der Waals surface area contributed by atoms with Crippen molar-refractivity contribution < 1.29 is 180 Å². The zero-order valence-corrected chi connectivity index (χ0v) is 77.2. The molecule has 684 valence electrons. The zero-order chi connectivity index (χ0) is 86.6. The van der Waals surface area contributed by atoms with E-state index in [4.69, 9.17) is 106 Å². The van der Waals surface area contributed by atoms with Crippen LogP contribution < -0.4 is 48.5 Å². The van der Waals surface area contributed by atoms with E-state index in [0.29, 0.717) is 162 Å². The van der Waals surface area contributed by atoms with Gasteiger partial charge in [-0.15, -0.1) is 12.4 Å². The van der Waals surface area contributed by atoms with E-state index in [0.717, 1.165) is 109 Å². The molecule has 5 saturated carbocycles. The van der Waals surface area contributed by atoms with Crippen molar-refractivity contribution in [2.24, 2.45) is 0 Å². The Morgan fingerprint density at radius 2 is 0.844 bits per heavy atom. The zero-order valence-electron chi connectivity index (χ0n) is 72.0. The number of esters is 2. The fraction of sp³-hybridized carbons (Fsp3) is 0.640. The van der Waals surface area contributed by atoms with Crippen molar-refractivity contribution in [1.29, 1.82) is 0 Å². The first kappa shape index (κ1) is 112. The van der Waals surface area contributed by atoms with Gasteiger partial charge >= 0.3 is 83.0 Å². The van der Waals surface area contributed by atoms with E-state index in [1.165, 1.54) is 94.8 Å². The van der Waals surface area contributed by atoms with Gasteiger partial charge in [-0.2, -0.15) is 0 Å². The molecule has 0 aromatic heterocycles. The van der Waals surface area contributed by atoms with Gasteiger partial charge in [0.1, 0.15) is 94.6 Å². The monoisotopic (exact) mass is 1860 g/mol. The summed E-state index contributed by atoms with van der Waals surface area (Å²) in [6, 6.07) is 17.0. The van der Waals surface area contributed by atoms with Gasteiger partial charge in [-0.25, -0.2) is 17.6 Å². The number of aliphatic hydroxyl groups excluding tert-OH is 3. The number of hydrogen-bond donors (Lipinski definition) is 3. The predicted molar refractivity (Wildman–Crippen MR) is 444 cm³/mol. The van der Waals surface area contributed by atoms with Crippen LogP contribution in [0.2, 0.25) is 0 Å². The average molecular weight is 1860 g/mol. The van der Waals surface area contributed by atoms with Gasteiger partial charge in [0.05, 0.1) is 119 Å². The molecule has 3 radical (unpaired) electrons. The van der Waals surface area contributed by atoms with E-state index in [1.807, 2.05) is 13.8 Å². The van der Waals surface area contributed by atoms with Crippen molar-refractivity contribution in [3.05, 3.63) is 131 Å². The molecule has 5 heterocycles. The second-order valence-electron chi connectivity index (χ2n) is 29.2. The molecule has 10 fully saturated rings. The number of carbonyl (C=O) groups excluding carboxylic acids is 5. The van der Waals surface area contributed by atoms with Crippen LogP contribution in [-0.2, 0) is 96.7 Å². The van der Waals surface area contributed by atoms with Gasteiger partial charge in [0.25, 0.3) is 0 Å². The van der Waals surface area contributed by atoms with Gasteiger partial charge in [0.2, 0.25) is 0 Å². The maximum absolute atomic E-state index is 13.7. The normalized spacial score (nSPS) is 20.4. The Morgan fingerprint density at radius 3 is 1.19 bits per heavy atom. The molecule has 36 heteroatoms. The molecule has 4 aromatic carbocycles. The number of benzene rings is 4. The summed E-state index contributed by atoms with van der Waals surface area (Å²) in [5, 5.41) is 28.4. The number of epoxide rings is 1. The van der Waals surface area contributed by atoms with Crippen LogP contribution in [0.1, 0.15) is 229 Å². The number of Topliss-reactive ketones (excluding diaryl/α,β-unsaturated/α-hetero) is 3. The minimum atomic E-state index is -1.33. The number of carbonyl (C=O) groups is 5. The molecule has 3 unspecified atom stereocenters.